The summed E-state index contributed by atoms with van der Waals surface area (Å²) in [6, 6.07) is -1.26. The van der Waals surface area contributed by atoms with Crippen molar-refractivity contribution in [2.24, 2.45) is 11.8 Å². The highest BCUT2D eigenvalue weighted by Crippen LogP contribution is 2.20. The molecule has 6 nitrogen and oxygen atoms in total. The Bertz CT molecular complexity index is 409. The van der Waals surface area contributed by atoms with Crippen molar-refractivity contribution in [1.82, 2.24) is 15.5 Å². The summed E-state index contributed by atoms with van der Waals surface area (Å²) in [4.78, 5) is 37.8. The summed E-state index contributed by atoms with van der Waals surface area (Å²) >= 11 is 0. The monoisotopic (exact) mass is 311 g/mol. The summed E-state index contributed by atoms with van der Waals surface area (Å²) in [5.74, 6) is -0.0782. The van der Waals surface area contributed by atoms with Gasteiger partial charge in [0.2, 0.25) is 11.8 Å². The number of nitrogens with zero attached hydrogens (tertiary/aromatic N) is 1. The maximum atomic E-state index is 12.6. The average Bonchev–Trinajstić information content (AvgIpc) is 2.93. The first-order chi connectivity index (χ1) is 10.3. The molecule has 0 aromatic rings. The van der Waals surface area contributed by atoms with E-state index in [0.717, 1.165) is 12.7 Å². The van der Waals surface area contributed by atoms with Gasteiger partial charge in [0, 0.05) is 6.54 Å². The van der Waals surface area contributed by atoms with Gasteiger partial charge in [-0.1, -0.05) is 27.7 Å². The zero-order chi connectivity index (χ0) is 16.9. The standard InChI is InChI=1S/C16H29N3O3/c1-10(2)12(9-20)18-15(21)13-7-6-8-19(13)16(22)14(17-5)11(3)4/h9-14,17H,6-8H2,1-5H3,(H,18,21)/t12-,13+,14+/m1/s1. The van der Waals surface area contributed by atoms with Crippen LogP contribution >= 0.6 is 0 Å². The minimum atomic E-state index is -0.504. The van der Waals surface area contributed by atoms with Gasteiger partial charge < -0.3 is 20.3 Å². The molecule has 0 unspecified atom stereocenters. The first-order valence-electron chi connectivity index (χ1n) is 8.06. The Morgan fingerprint density at radius 3 is 2.27 bits per heavy atom. The molecule has 2 N–H and O–H groups in total. The molecule has 1 aliphatic rings. The minimum absolute atomic E-state index is 0.0349. The molecule has 0 aliphatic carbocycles. The number of rotatable bonds is 7. The molecule has 3 atom stereocenters. The van der Waals surface area contributed by atoms with Crippen molar-refractivity contribution in [3.8, 4) is 0 Å². The predicted octanol–water partition coefficient (Wildman–Crippen LogP) is 0.561. The zero-order valence-corrected chi connectivity index (χ0v) is 14.3. The summed E-state index contributed by atoms with van der Waals surface area (Å²) in [6.45, 7) is 8.31. The number of likely N-dealkylation sites (N-methyl/N-ethyl adjacent to an activating group) is 1. The molecule has 22 heavy (non-hydrogen) atoms. The van der Waals surface area contributed by atoms with Crippen LogP contribution < -0.4 is 10.6 Å². The van der Waals surface area contributed by atoms with Crippen molar-refractivity contribution in [3.63, 3.8) is 0 Å². The second-order valence-corrected chi connectivity index (χ2v) is 6.61. The molecule has 1 fully saturated rings. The molecule has 0 spiro atoms. The molecule has 126 valence electrons. The van der Waals surface area contributed by atoms with Crippen molar-refractivity contribution < 1.29 is 14.4 Å². The van der Waals surface area contributed by atoms with Crippen molar-refractivity contribution in [2.75, 3.05) is 13.6 Å². The normalized spacial score (nSPS) is 21.0. The van der Waals surface area contributed by atoms with Gasteiger partial charge in [0.1, 0.15) is 12.3 Å². The molecular weight excluding hydrogens is 282 g/mol. The number of hydrogen-bond acceptors (Lipinski definition) is 4. The minimum Gasteiger partial charge on any atom is -0.345 e. The van der Waals surface area contributed by atoms with Crippen LogP contribution in [0.5, 0.6) is 0 Å². The first-order valence-corrected chi connectivity index (χ1v) is 8.06. The van der Waals surface area contributed by atoms with E-state index >= 15 is 0 Å². The highest BCUT2D eigenvalue weighted by atomic mass is 16.2. The third-order valence-electron chi connectivity index (χ3n) is 4.26. The number of amides is 2. The SMILES string of the molecule is CN[C@H](C(=O)N1CCC[C@H]1C(=O)N[C@H](C=O)C(C)C)C(C)C. The number of nitrogens with one attached hydrogen (secondary N) is 2. The topological polar surface area (TPSA) is 78.5 Å². The van der Waals surface area contributed by atoms with Gasteiger partial charge >= 0.3 is 0 Å². The van der Waals surface area contributed by atoms with Crippen LogP contribution in [0.3, 0.4) is 0 Å². The summed E-state index contributed by atoms with van der Waals surface area (Å²) in [5, 5.41) is 5.79. The van der Waals surface area contributed by atoms with Gasteiger partial charge in [-0.25, -0.2) is 0 Å². The Kier molecular flexibility index (Phi) is 7.00. The fourth-order valence-electron chi connectivity index (χ4n) is 2.84. The third-order valence-corrected chi connectivity index (χ3v) is 4.26. The largest absolute Gasteiger partial charge is 0.345 e. The van der Waals surface area contributed by atoms with E-state index in [1.165, 1.54) is 0 Å². The molecule has 6 heteroatoms. The summed E-state index contributed by atoms with van der Waals surface area (Å²) in [6.07, 6.45) is 2.22. The molecule has 0 aromatic carbocycles. The van der Waals surface area contributed by atoms with Crippen LogP contribution in [0.1, 0.15) is 40.5 Å². The number of carbonyl (C=O) groups is 3. The maximum absolute atomic E-state index is 12.6. The Morgan fingerprint density at radius 2 is 1.82 bits per heavy atom. The molecule has 1 heterocycles. The molecular formula is C16H29N3O3. The molecule has 1 rings (SSSR count). The van der Waals surface area contributed by atoms with Crippen LogP contribution in [-0.4, -0.2) is 54.7 Å². The Balaban J connectivity index is 2.79. The van der Waals surface area contributed by atoms with Crippen molar-refractivity contribution in [2.45, 2.75) is 58.7 Å². The Hall–Kier alpha value is -1.43. The van der Waals surface area contributed by atoms with E-state index in [0.29, 0.717) is 13.0 Å². The molecule has 0 radical (unpaired) electrons. The van der Waals surface area contributed by atoms with Gasteiger partial charge in [-0.2, -0.15) is 0 Å². The number of aldehydes is 1. The van der Waals surface area contributed by atoms with Crippen LogP contribution in [0.25, 0.3) is 0 Å². The van der Waals surface area contributed by atoms with Gasteiger partial charge in [-0.15, -0.1) is 0 Å². The van der Waals surface area contributed by atoms with E-state index in [1.807, 2.05) is 27.7 Å². The van der Waals surface area contributed by atoms with Gasteiger partial charge in [0.25, 0.3) is 0 Å². The van der Waals surface area contributed by atoms with Crippen LogP contribution in [-0.2, 0) is 14.4 Å². The summed E-state index contributed by atoms with van der Waals surface area (Å²) < 4.78 is 0. The molecule has 1 aliphatic heterocycles. The molecule has 2 amide bonds. The van der Waals surface area contributed by atoms with E-state index in [2.05, 4.69) is 10.6 Å². The fraction of sp³-hybridized carbons (Fsp3) is 0.812. The summed E-state index contributed by atoms with van der Waals surface area (Å²) in [5.41, 5.74) is 0. The lowest BCUT2D eigenvalue weighted by atomic mass is 10.0. The lowest BCUT2D eigenvalue weighted by Gasteiger charge is -2.30. The van der Waals surface area contributed by atoms with Gasteiger partial charge in [-0.3, -0.25) is 9.59 Å². The maximum Gasteiger partial charge on any atom is 0.243 e. The van der Waals surface area contributed by atoms with Crippen LogP contribution in [0.2, 0.25) is 0 Å². The number of carbonyl (C=O) groups excluding carboxylic acids is 3. The van der Waals surface area contributed by atoms with Crippen molar-refractivity contribution in [1.29, 1.82) is 0 Å². The van der Waals surface area contributed by atoms with E-state index in [4.69, 9.17) is 0 Å². The van der Waals surface area contributed by atoms with E-state index in [-0.39, 0.29) is 29.7 Å². The second-order valence-electron chi connectivity index (χ2n) is 6.61. The Labute approximate surface area is 133 Å². The number of likely N-dealkylation sites (tertiary alicyclic amines) is 1. The molecule has 0 saturated carbocycles. The molecule has 1 saturated heterocycles. The average molecular weight is 311 g/mol. The van der Waals surface area contributed by atoms with E-state index in [9.17, 15) is 14.4 Å². The third kappa shape index (κ3) is 4.29. The Morgan fingerprint density at radius 1 is 1.18 bits per heavy atom. The highest BCUT2D eigenvalue weighted by Gasteiger charge is 2.38. The van der Waals surface area contributed by atoms with Crippen molar-refractivity contribution in [3.05, 3.63) is 0 Å². The zero-order valence-electron chi connectivity index (χ0n) is 14.3. The second kappa shape index (κ2) is 8.27. The van der Waals surface area contributed by atoms with E-state index in [1.54, 1.807) is 11.9 Å². The quantitative estimate of drug-likeness (QED) is 0.674. The van der Waals surface area contributed by atoms with Gasteiger partial charge in [0.15, 0.2) is 0 Å². The smallest absolute Gasteiger partial charge is 0.243 e. The van der Waals surface area contributed by atoms with E-state index < -0.39 is 12.1 Å². The lowest BCUT2D eigenvalue weighted by molar-refractivity contribution is -0.141. The van der Waals surface area contributed by atoms with Gasteiger partial charge in [-0.05, 0) is 31.7 Å². The number of hydrogen-bond donors (Lipinski definition) is 2. The predicted molar refractivity (Wildman–Crippen MR) is 85.3 cm³/mol. The highest BCUT2D eigenvalue weighted by molar-refractivity contribution is 5.91. The van der Waals surface area contributed by atoms with Crippen LogP contribution in [0.15, 0.2) is 0 Å². The van der Waals surface area contributed by atoms with Crippen molar-refractivity contribution >= 4 is 18.1 Å². The summed E-state index contributed by atoms with van der Waals surface area (Å²) in [7, 11) is 1.76. The lowest BCUT2D eigenvalue weighted by Crippen LogP contribution is -2.55. The molecule has 0 bridgehead atoms. The fourth-order valence-corrected chi connectivity index (χ4v) is 2.84. The van der Waals surface area contributed by atoms with Gasteiger partial charge in [0.05, 0.1) is 12.1 Å². The van der Waals surface area contributed by atoms with Crippen LogP contribution in [0, 0.1) is 11.8 Å². The van der Waals surface area contributed by atoms with Crippen LogP contribution in [0.4, 0.5) is 0 Å². The molecule has 0 aromatic heterocycles. The first kappa shape index (κ1) is 18.6.